The summed E-state index contributed by atoms with van der Waals surface area (Å²) in [4.78, 5) is 17.8. The molecule has 2 aromatic carbocycles. The molecule has 150 valence electrons. The van der Waals surface area contributed by atoms with Gasteiger partial charge in [-0.25, -0.2) is 4.89 Å². The van der Waals surface area contributed by atoms with Crippen molar-refractivity contribution in [3.8, 4) is 0 Å². The van der Waals surface area contributed by atoms with Gasteiger partial charge in [0, 0.05) is 40.7 Å². The van der Waals surface area contributed by atoms with E-state index in [0.717, 1.165) is 45.9 Å². The first-order valence-corrected chi connectivity index (χ1v) is 10.6. The maximum Gasteiger partial charge on any atom is 0.194 e. The zero-order valence-corrected chi connectivity index (χ0v) is 17.3. The summed E-state index contributed by atoms with van der Waals surface area (Å²) in [6.45, 7) is 3.16. The summed E-state index contributed by atoms with van der Waals surface area (Å²) < 4.78 is 2.05. The van der Waals surface area contributed by atoms with Crippen molar-refractivity contribution in [2.75, 3.05) is 12.4 Å². The number of hydrogen-bond donors (Lipinski definition) is 1. The maximum absolute atomic E-state index is 12.5. The summed E-state index contributed by atoms with van der Waals surface area (Å²) in [7, 11) is 0. The normalized spacial score (nSPS) is 11.2. The summed E-state index contributed by atoms with van der Waals surface area (Å²) in [6, 6.07) is 17.8. The Labute approximate surface area is 175 Å². The van der Waals surface area contributed by atoms with Crippen LogP contribution in [0.25, 0.3) is 6.08 Å². The Bertz CT molecular complexity index is 943. The third-order valence-corrected chi connectivity index (χ3v) is 5.49. The number of carbonyl (C=O) groups excluding carboxylic acids is 1. The number of rotatable bonds is 10. The lowest BCUT2D eigenvalue weighted by Gasteiger charge is -2.02. The second kappa shape index (κ2) is 10.8. The molecule has 0 bridgehead atoms. The van der Waals surface area contributed by atoms with Crippen molar-refractivity contribution in [2.24, 2.45) is 0 Å². The minimum atomic E-state index is 0.0582. The van der Waals surface area contributed by atoms with Crippen LogP contribution in [0, 0.1) is 6.92 Å². The number of carbonyl (C=O) groups is 1. The summed E-state index contributed by atoms with van der Waals surface area (Å²) >= 11 is 1.64. The number of allylic oxidation sites excluding steroid dienone is 1. The Morgan fingerprint density at radius 1 is 1.07 bits per heavy atom. The highest BCUT2D eigenvalue weighted by Gasteiger charge is 2.10. The van der Waals surface area contributed by atoms with Gasteiger partial charge in [0.2, 0.25) is 0 Å². The molecule has 0 atom stereocenters. The molecule has 0 amide bonds. The number of nitrogens with zero attached hydrogens (tertiary/aromatic N) is 1. The van der Waals surface area contributed by atoms with Crippen molar-refractivity contribution in [3.63, 3.8) is 0 Å². The molecule has 4 nitrogen and oxygen atoms in total. The van der Waals surface area contributed by atoms with Crippen molar-refractivity contribution in [2.45, 2.75) is 24.8 Å². The molecule has 0 aliphatic carbocycles. The molecule has 3 rings (SSSR count). The van der Waals surface area contributed by atoms with E-state index in [-0.39, 0.29) is 5.78 Å². The highest BCUT2D eigenvalue weighted by molar-refractivity contribution is 7.99. The number of thioether (sulfide) groups is 1. The largest absolute Gasteiger partial charge is 0.353 e. The lowest BCUT2D eigenvalue weighted by atomic mass is 10.0. The standard InChI is InChI=1S/C24H25NO3S/c1-19-5-9-21(10-6-19)24(26)22-13-15-25(18-22)14-3-2-4-20-7-11-23(12-8-20)29-17-16-28-27/h2,4-13,15,18,27H,3,14,16-17H2,1H3/b4-2+. The number of aromatic nitrogens is 1. The molecule has 0 radical (unpaired) electrons. The molecule has 0 saturated heterocycles. The maximum atomic E-state index is 12.5. The van der Waals surface area contributed by atoms with Crippen molar-refractivity contribution >= 4 is 23.6 Å². The monoisotopic (exact) mass is 407 g/mol. The van der Waals surface area contributed by atoms with E-state index in [2.05, 4.69) is 45.9 Å². The second-order valence-electron chi connectivity index (χ2n) is 6.77. The molecule has 3 aromatic rings. The van der Waals surface area contributed by atoms with Gasteiger partial charge in [0.1, 0.15) is 0 Å². The van der Waals surface area contributed by atoms with Crippen molar-refractivity contribution in [3.05, 3.63) is 95.3 Å². The van der Waals surface area contributed by atoms with E-state index in [4.69, 9.17) is 5.26 Å². The van der Waals surface area contributed by atoms with Gasteiger partial charge >= 0.3 is 0 Å². The molecule has 1 N–H and O–H groups in total. The van der Waals surface area contributed by atoms with Crippen LogP contribution in [-0.2, 0) is 11.4 Å². The molecule has 0 aliphatic heterocycles. The van der Waals surface area contributed by atoms with E-state index in [1.807, 2.05) is 49.6 Å². The first-order chi connectivity index (χ1) is 14.2. The predicted molar refractivity (Wildman–Crippen MR) is 118 cm³/mol. The summed E-state index contributed by atoms with van der Waals surface area (Å²) in [5, 5.41) is 8.34. The van der Waals surface area contributed by atoms with E-state index in [9.17, 15) is 4.79 Å². The highest BCUT2D eigenvalue weighted by Crippen LogP contribution is 2.19. The van der Waals surface area contributed by atoms with Crippen LogP contribution >= 0.6 is 11.8 Å². The SMILES string of the molecule is Cc1ccc(C(=O)c2ccn(CC/C=C/c3ccc(SCCOO)cc3)c2)cc1. The van der Waals surface area contributed by atoms with Crippen LogP contribution in [0.4, 0.5) is 0 Å². The molecule has 1 heterocycles. The zero-order chi connectivity index (χ0) is 20.5. The van der Waals surface area contributed by atoms with Crippen molar-refractivity contribution in [1.82, 2.24) is 4.57 Å². The summed E-state index contributed by atoms with van der Waals surface area (Å²) in [6.07, 6.45) is 9.00. The van der Waals surface area contributed by atoms with Gasteiger partial charge in [0.15, 0.2) is 5.78 Å². The fourth-order valence-corrected chi connectivity index (χ4v) is 3.62. The molecular formula is C24H25NO3S. The van der Waals surface area contributed by atoms with Crippen molar-refractivity contribution in [1.29, 1.82) is 0 Å². The van der Waals surface area contributed by atoms with Crippen LogP contribution in [0.1, 0.15) is 33.5 Å². The van der Waals surface area contributed by atoms with Crippen LogP contribution in [0.15, 0.2) is 78.0 Å². The summed E-state index contributed by atoms with van der Waals surface area (Å²) in [5.74, 6) is 0.777. The molecule has 0 spiro atoms. The van der Waals surface area contributed by atoms with Crippen molar-refractivity contribution < 1.29 is 14.9 Å². The Morgan fingerprint density at radius 2 is 1.83 bits per heavy atom. The summed E-state index contributed by atoms with van der Waals surface area (Å²) in [5.41, 5.74) is 3.74. The van der Waals surface area contributed by atoms with E-state index in [1.54, 1.807) is 11.8 Å². The van der Waals surface area contributed by atoms with E-state index in [1.165, 1.54) is 0 Å². The lowest BCUT2D eigenvalue weighted by molar-refractivity contribution is -0.236. The molecule has 1 aromatic heterocycles. The lowest BCUT2D eigenvalue weighted by Crippen LogP contribution is -2.00. The molecule has 0 aliphatic rings. The smallest absolute Gasteiger partial charge is 0.194 e. The molecule has 0 unspecified atom stereocenters. The third kappa shape index (κ3) is 6.46. The van der Waals surface area contributed by atoms with Crippen LogP contribution in [0.5, 0.6) is 0 Å². The topological polar surface area (TPSA) is 51.5 Å². The van der Waals surface area contributed by atoms with Crippen LogP contribution in [0.2, 0.25) is 0 Å². The number of benzene rings is 2. The van der Waals surface area contributed by atoms with Crippen LogP contribution < -0.4 is 0 Å². The number of ketones is 1. The van der Waals surface area contributed by atoms with Gasteiger partial charge in [-0.1, -0.05) is 54.1 Å². The molecule has 0 saturated carbocycles. The highest BCUT2D eigenvalue weighted by atomic mass is 32.2. The second-order valence-corrected chi connectivity index (χ2v) is 7.94. The van der Waals surface area contributed by atoms with Gasteiger partial charge in [-0.3, -0.25) is 10.1 Å². The molecular weight excluding hydrogens is 382 g/mol. The molecule has 29 heavy (non-hydrogen) atoms. The molecule has 0 fully saturated rings. The fraction of sp³-hybridized carbons (Fsp3) is 0.208. The quantitative estimate of drug-likeness (QED) is 0.154. The molecule has 5 heteroatoms. The average Bonchev–Trinajstić information content (AvgIpc) is 3.21. The van der Waals surface area contributed by atoms with E-state index < -0.39 is 0 Å². The minimum absolute atomic E-state index is 0.0582. The Balaban J connectivity index is 1.48. The zero-order valence-electron chi connectivity index (χ0n) is 16.5. The first-order valence-electron chi connectivity index (χ1n) is 9.58. The van der Waals surface area contributed by atoms with E-state index >= 15 is 0 Å². The van der Waals surface area contributed by atoms with Gasteiger partial charge in [-0.2, -0.15) is 0 Å². The van der Waals surface area contributed by atoms with E-state index in [0.29, 0.717) is 6.61 Å². The van der Waals surface area contributed by atoms with Crippen LogP contribution in [0.3, 0.4) is 0 Å². The number of hydrogen-bond acceptors (Lipinski definition) is 4. The van der Waals surface area contributed by atoms with Gasteiger partial charge in [-0.05, 0) is 37.1 Å². The fourth-order valence-electron chi connectivity index (χ4n) is 2.90. The van der Waals surface area contributed by atoms with Gasteiger partial charge in [-0.15, -0.1) is 11.8 Å². The third-order valence-electron chi connectivity index (χ3n) is 4.51. The Kier molecular flexibility index (Phi) is 7.87. The minimum Gasteiger partial charge on any atom is -0.353 e. The van der Waals surface area contributed by atoms with Gasteiger partial charge in [0.25, 0.3) is 0 Å². The first kappa shape index (κ1) is 21.1. The Morgan fingerprint density at radius 3 is 2.55 bits per heavy atom. The van der Waals surface area contributed by atoms with Gasteiger partial charge < -0.3 is 4.57 Å². The Hall–Kier alpha value is -2.60. The van der Waals surface area contributed by atoms with Crippen LogP contribution in [-0.4, -0.2) is 28.0 Å². The number of aryl methyl sites for hydroxylation is 2. The van der Waals surface area contributed by atoms with Gasteiger partial charge in [0.05, 0.1) is 6.61 Å². The average molecular weight is 408 g/mol. The predicted octanol–water partition coefficient (Wildman–Crippen LogP) is 5.71.